The highest BCUT2D eigenvalue weighted by molar-refractivity contribution is 7.56. The predicted molar refractivity (Wildman–Crippen MR) is 91.9 cm³/mol. The second-order valence-corrected chi connectivity index (χ2v) is 7.88. The Morgan fingerprint density at radius 3 is 2.43 bits per heavy atom. The van der Waals surface area contributed by atoms with Crippen LogP contribution in [0.3, 0.4) is 0 Å². The van der Waals surface area contributed by atoms with Gasteiger partial charge in [0.1, 0.15) is 11.8 Å². The van der Waals surface area contributed by atoms with Gasteiger partial charge in [-0.2, -0.15) is 0 Å². The van der Waals surface area contributed by atoms with E-state index in [-0.39, 0.29) is 6.10 Å². The monoisotopic (exact) mass is 335 g/mol. The molecule has 0 aliphatic heterocycles. The number of benzene rings is 2. The molecule has 2 unspecified atom stereocenters. The third kappa shape index (κ3) is 4.81. The van der Waals surface area contributed by atoms with Gasteiger partial charge in [-0.05, 0) is 32.2 Å². The van der Waals surface area contributed by atoms with Crippen LogP contribution in [-0.4, -0.2) is 24.8 Å². The zero-order chi connectivity index (χ0) is 17.0. The van der Waals surface area contributed by atoms with Crippen molar-refractivity contribution in [2.24, 2.45) is 0 Å². The Morgan fingerprint density at radius 1 is 1.09 bits per heavy atom. The summed E-state index contributed by atoms with van der Waals surface area (Å²) in [5.41, 5.74) is 0. The zero-order valence-electron chi connectivity index (χ0n) is 13.8. The molecular weight excluding hydrogens is 313 g/mol. The average molecular weight is 335 g/mol. The Kier molecular flexibility index (Phi) is 5.45. The molecule has 2 atom stereocenters. The minimum atomic E-state index is -3.22. The van der Waals surface area contributed by atoms with Crippen molar-refractivity contribution in [2.45, 2.75) is 32.9 Å². The lowest BCUT2D eigenvalue weighted by molar-refractivity contribution is -0.149. The van der Waals surface area contributed by atoms with Gasteiger partial charge in [-0.15, -0.1) is 0 Å². The quantitative estimate of drug-likeness (QED) is 0.639. The van der Waals surface area contributed by atoms with Crippen molar-refractivity contribution >= 4 is 24.3 Å². The number of hydrogen-bond donors (Lipinski definition) is 1. The SMILES string of the molecule is CC(C)OC(=O)C(C)NP(C)(=O)Oc1cccc2ccccc12. The zero-order valence-corrected chi connectivity index (χ0v) is 14.7. The first-order valence-corrected chi connectivity index (χ1v) is 9.59. The molecular formula is C17H22NO4P. The Morgan fingerprint density at radius 2 is 1.74 bits per heavy atom. The van der Waals surface area contributed by atoms with Crippen LogP contribution >= 0.6 is 7.52 Å². The summed E-state index contributed by atoms with van der Waals surface area (Å²) < 4.78 is 23.5. The molecule has 1 N–H and O–H groups in total. The molecule has 5 nitrogen and oxygen atoms in total. The summed E-state index contributed by atoms with van der Waals surface area (Å²) in [6.07, 6.45) is -0.220. The highest BCUT2D eigenvalue weighted by Gasteiger charge is 2.26. The fourth-order valence-corrected chi connectivity index (χ4v) is 3.62. The van der Waals surface area contributed by atoms with Gasteiger partial charge in [-0.3, -0.25) is 9.36 Å². The Balaban J connectivity index is 2.14. The van der Waals surface area contributed by atoms with Crippen LogP contribution in [0, 0.1) is 0 Å². The van der Waals surface area contributed by atoms with E-state index >= 15 is 0 Å². The van der Waals surface area contributed by atoms with E-state index in [1.165, 1.54) is 6.66 Å². The van der Waals surface area contributed by atoms with Gasteiger partial charge in [0, 0.05) is 12.1 Å². The first-order valence-electron chi connectivity index (χ1n) is 7.51. The van der Waals surface area contributed by atoms with Gasteiger partial charge in [0.05, 0.1) is 6.10 Å². The first-order chi connectivity index (χ1) is 10.8. The minimum absolute atomic E-state index is 0.220. The smallest absolute Gasteiger partial charge is 0.323 e. The van der Waals surface area contributed by atoms with E-state index in [4.69, 9.17) is 9.26 Å². The number of carbonyl (C=O) groups excluding carboxylic acids is 1. The number of carbonyl (C=O) groups is 1. The van der Waals surface area contributed by atoms with Crippen molar-refractivity contribution in [1.82, 2.24) is 5.09 Å². The van der Waals surface area contributed by atoms with Crippen molar-refractivity contribution in [1.29, 1.82) is 0 Å². The van der Waals surface area contributed by atoms with Gasteiger partial charge in [-0.1, -0.05) is 36.4 Å². The third-order valence-electron chi connectivity index (χ3n) is 3.16. The number of ether oxygens (including phenoxy) is 1. The van der Waals surface area contributed by atoms with Gasteiger partial charge >= 0.3 is 13.5 Å². The van der Waals surface area contributed by atoms with Crippen LogP contribution in [0.15, 0.2) is 42.5 Å². The molecule has 0 heterocycles. The summed E-state index contributed by atoms with van der Waals surface area (Å²) in [5, 5.41) is 4.60. The van der Waals surface area contributed by atoms with Gasteiger partial charge < -0.3 is 9.26 Å². The topological polar surface area (TPSA) is 64.6 Å². The fraction of sp³-hybridized carbons (Fsp3) is 0.353. The van der Waals surface area contributed by atoms with Crippen molar-refractivity contribution < 1.29 is 18.6 Å². The lowest BCUT2D eigenvalue weighted by atomic mass is 10.1. The molecule has 0 aliphatic carbocycles. The predicted octanol–water partition coefficient (Wildman–Crippen LogP) is 3.97. The van der Waals surface area contributed by atoms with E-state index in [0.717, 1.165) is 10.8 Å². The van der Waals surface area contributed by atoms with E-state index < -0.39 is 19.5 Å². The molecule has 0 fully saturated rings. The van der Waals surface area contributed by atoms with Crippen LogP contribution in [0.2, 0.25) is 0 Å². The van der Waals surface area contributed by atoms with Crippen LogP contribution in [0.25, 0.3) is 10.8 Å². The molecule has 0 saturated carbocycles. The maximum Gasteiger partial charge on any atom is 0.323 e. The highest BCUT2D eigenvalue weighted by Crippen LogP contribution is 2.42. The van der Waals surface area contributed by atoms with E-state index in [1.807, 2.05) is 36.4 Å². The third-order valence-corrected chi connectivity index (χ3v) is 4.56. The van der Waals surface area contributed by atoms with E-state index in [2.05, 4.69) is 5.09 Å². The highest BCUT2D eigenvalue weighted by atomic mass is 31.2. The van der Waals surface area contributed by atoms with Crippen LogP contribution < -0.4 is 9.61 Å². The Labute approximate surface area is 136 Å². The molecule has 124 valence electrons. The average Bonchev–Trinajstić information content (AvgIpc) is 2.46. The van der Waals surface area contributed by atoms with Crippen LogP contribution in [-0.2, 0) is 14.1 Å². The number of nitrogens with one attached hydrogen (secondary N) is 1. The molecule has 0 saturated heterocycles. The summed E-state index contributed by atoms with van der Waals surface area (Å²) in [6, 6.07) is 12.5. The second-order valence-electron chi connectivity index (χ2n) is 5.75. The second kappa shape index (κ2) is 7.16. The van der Waals surface area contributed by atoms with Crippen molar-refractivity contribution in [2.75, 3.05) is 6.66 Å². The number of hydrogen-bond acceptors (Lipinski definition) is 4. The van der Waals surface area contributed by atoms with Gasteiger partial charge in [-0.25, -0.2) is 5.09 Å². The summed E-state index contributed by atoms with van der Waals surface area (Å²) in [4.78, 5) is 11.8. The standard InChI is InChI=1S/C17H22NO4P/c1-12(2)21-17(19)13(3)18-23(4,20)22-16-11-7-9-14-8-5-6-10-15(14)16/h5-13H,1-4H3,(H,18,20). The molecule has 2 aromatic carbocycles. The molecule has 0 amide bonds. The molecule has 0 spiro atoms. The molecule has 2 aromatic rings. The minimum Gasteiger partial charge on any atom is -0.462 e. The molecule has 23 heavy (non-hydrogen) atoms. The number of fused-ring (bicyclic) bond motifs is 1. The van der Waals surface area contributed by atoms with Gasteiger partial charge in [0.25, 0.3) is 0 Å². The Hall–Kier alpha value is -1.84. The van der Waals surface area contributed by atoms with Crippen LogP contribution in [0.5, 0.6) is 5.75 Å². The van der Waals surface area contributed by atoms with Crippen molar-refractivity contribution in [3.05, 3.63) is 42.5 Å². The largest absolute Gasteiger partial charge is 0.462 e. The molecule has 0 aromatic heterocycles. The summed E-state index contributed by atoms with van der Waals surface area (Å²) in [5.74, 6) is 0.0643. The van der Waals surface area contributed by atoms with Crippen molar-refractivity contribution in [3.63, 3.8) is 0 Å². The van der Waals surface area contributed by atoms with E-state index in [0.29, 0.717) is 5.75 Å². The van der Waals surface area contributed by atoms with Crippen molar-refractivity contribution in [3.8, 4) is 5.75 Å². The maximum atomic E-state index is 12.7. The van der Waals surface area contributed by atoms with E-state index in [9.17, 15) is 9.36 Å². The molecule has 6 heteroatoms. The maximum absolute atomic E-state index is 12.7. The Bertz CT molecular complexity index is 739. The first kappa shape index (κ1) is 17.5. The summed E-state index contributed by atoms with van der Waals surface area (Å²) in [6.45, 7) is 6.59. The van der Waals surface area contributed by atoms with Gasteiger partial charge in [0.15, 0.2) is 0 Å². The molecule has 2 rings (SSSR count). The number of esters is 1. The molecule has 0 bridgehead atoms. The summed E-state index contributed by atoms with van der Waals surface area (Å²) in [7, 11) is -3.22. The summed E-state index contributed by atoms with van der Waals surface area (Å²) >= 11 is 0. The lowest BCUT2D eigenvalue weighted by Crippen LogP contribution is -2.35. The number of rotatable bonds is 6. The molecule has 0 radical (unpaired) electrons. The van der Waals surface area contributed by atoms with Crippen LogP contribution in [0.4, 0.5) is 0 Å². The van der Waals surface area contributed by atoms with Crippen LogP contribution in [0.1, 0.15) is 20.8 Å². The van der Waals surface area contributed by atoms with E-state index in [1.54, 1.807) is 26.8 Å². The van der Waals surface area contributed by atoms with Gasteiger partial charge in [0.2, 0.25) is 0 Å². The fourth-order valence-electron chi connectivity index (χ4n) is 2.23. The lowest BCUT2D eigenvalue weighted by Gasteiger charge is -2.21. The normalized spacial score (nSPS) is 15.2. The molecule has 0 aliphatic rings.